The van der Waals surface area contributed by atoms with Gasteiger partial charge in [0.05, 0.1) is 36.0 Å². The maximum atomic E-state index is 11.8. The van der Waals surface area contributed by atoms with Gasteiger partial charge in [-0.15, -0.1) is 0 Å². The first kappa shape index (κ1) is 16.1. The molecule has 0 fully saturated rings. The second-order valence-corrected chi connectivity index (χ2v) is 4.40. The summed E-state index contributed by atoms with van der Waals surface area (Å²) in [5, 5.41) is 10.7. The summed E-state index contributed by atoms with van der Waals surface area (Å²) in [5.41, 5.74) is 0.839. The molecule has 8 heteroatoms. The van der Waals surface area contributed by atoms with Crippen LogP contribution in [0.5, 0.6) is 0 Å². The summed E-state index contributed by atoms with van der Waals surface area (Å²) in [7, 11) is 2.38. The highest BCUT2D eigenvalue weighted by Crippen LogP contribution is 2.23. The fourth-order valence-electron chi connectivity index (χ4n) is 1.92. The van der Waals surface area contributed by atoms with E-state index in [1.165, 1.54) is 50.7 Å². The van der Waals surface area contributed by atoms with Crippen molar-refractivity contribution >= 4 is 17.6 Å². The Kier molecular flexibility index (Phi) is 4.65. The lowest BCUT2D eigenvalue weighted by atomic mass is 10.0. The summed E-state index contributed by atoms with van der Waals surface area (Å²) in [4.78, 5) is 37.7. The summed E-state index contributed by atoms with van der Waals surface area (Å²) < 4.78 is 9.25. The first-order valence-electron chi connectivity index (χ1n) is 6.39. The molecule has 2 aromatic rings. The van der Waals surface area contributed by atoms with Gasteiger partial charge in [-0.2, -0.15) is 0 Å². The van der Waals surface area contributed by atoms with Gasteiger partial charge in [0.25, 0.3) is 5.69 Å². The van der Waals surface area contributed by atoms with Gasteiger partial charge >= 0.3 is 11.9 Å². The second kappa shape index (κ2) is 6.65. The van der Waals surface area contributed by atoms with Crippen LogP contribution in [-0.2, 0) is 9.47 Å². The van der Waals surface area contributed by atoms with Crippen molar-refractivity contribution in [2.75, 3.05) is 14.2 Å². The third-order valence-electron chi connectivity index (χ3n) is 3.09. The van der Waals surface area contributed by atoms with Crippen LogP contribution in [0.1, 0.15) is 20.7 Å². The van der Waals surface area contributed by atoms with Gasteiger partial charge in [0, 0.05) is 23.9 Å². The number of methoxy groups -OCH3 is 2. The molecule has 0 N–H and O–H groups in total. The molecule has 0 spiro atoms. The van der Waals surface area contributed by atoms with Gasteiger partial charge in [-0.1, -0.05) is 0 Å². The number of ether oxygens (including phenoxy) is 2. The van der Waals surface area contributed by atoms with Crippen molar-refractivity contribution in [1.82, 2.24) is 4.98 Å². The van der Waals surface area contributed by atoms with Crippen LogP contribution >= 0.6 is 0 Å². The Morgan fingerprint density at radius 3 is 2.13 bits per heavy atom. The van der Waals surface area contributed by atoms with Crippen LogP contribution in [0.4, 0.5) is 5.69 Å². The van der Waals surface area contributed by atoms with Crippen LogP contribution in [0.3, 0.4) is 0 Å². The predicted octanol–water partition coefficient (Wildman–Crippen LogP) is 2.23. The van der Waals surface area contributed by atoms with Crippen molar-refractivity contribution < 1.29 is 24.0 Å². The smallest absolute Gasteiger partial charge is 0.340 e. The number of rotatable bonds is 4. The molecule has 2 rings (SSSR count). The number of nitro benzene ring substituents is 1. The molecule has 1 aromatic carbocycles. The SMILES string of the molecule is COC(=O)c1cnc(-c2ccc([N+](=O)[O-])cc2)cc1C(=O)OC. The molecule has 0 saturated carbocycles. The van der Waals surface area contributed by atoms with E-state index in [0.717, 1.165) is 0 Å². The number of benzene rings is 1. The van der Waals surface area contributed by atoms with Gasteiger partial charge in [0.1, 0.15) is 0 Å². The van der Waals surface area contributed by atoms with Gasteiger partial charge in [0.15, 0.2) is 0 Å². The number of aromatic nitrogens is 1. The lowest BCUT2D eigenvalue weighted by Gasteiger charge is -2.08. The van der Waals surface area contributed by atoms with Gasteiger partial charge in [0.2, 0.25) is 0 Å². The Balaban J connectivity index is 2.50. The number of carbonyl (C=O) groups is 2. The molecule has 23 heavy (non-hydrogen) atoms. The minimum absolute atomic E-state index is 0.00250. The molecule has 0 aliphatic carbocycles. The highest BCUT2D eigenvalue weighted by molar-refractivity contribution is 6.03. The molecule has 118 valence electrons. The fourth-order valence-corrected chi connectivity index (χ4v) is 1.92. The molecule has 0 bridgehead atoms. The number of carbonyl (C=O) groups excluding carboxylic acids is 2. The Hall–Kier alpha value is -3.29. The topological polar surface area (TPSA) is 109 Å². The monoisotopic (exact) mass is 316 g/mol. The van der Waals surface area contributed by atoms with Crippen molar-refractivity contribution in [2.24, 2.45) is 0 Å². The Bertz CT molecular complexity index is 770. The zero-order chi connectivity index (χ0) is 17.0. The Morgan fingerprint density at radius 1 is 1.04 bits per heavy atom. The predicted molar refractivity (Wildman–Crippen MR) is 79.0 cm³/mol. The van der Waals surface area contributed by atoms with Gasteiger partial charge in [-0.3, -0.25) is 15.1 Å². The average molecular weight is 316 g/mol. The number of esters is 2. The van der Waals surface area contributed by atoms with E-state index in [0.29, 0.717) is 11.3 Å². The summed E-state index contributed by atoms with van der Waals surface area (Å²) in [5.74, 6) is -1.43. The van der Waals surface area contributed by atoms with E-state index in [2.05, 4.69) is 14.5 Å². The van der Waals surface area contributed by atoms with Crippen LogP contribution in [0, 0.1) is 10.1 Å². The number of pyridine rings is 1. The van der Waals surface area contributed by atoms with E-state index < -0.39 is 16.9 Å². The van der Waals surface area contributed by atoms with E-state index in [4.69, 9.17) is 0 Å². The zero-order valence-corrected chi connectivity index (χ0v) is 12.3. The molecule has 1 aromatic heterocycles. The average Bonchev–Trinajstić information content (AvgIpc) is 2.59. The molecule has 0 radical (unpaired) electrons. The van der Waals surface area contributed by atoms with Crippen molar-refractivity contribution in [2.45, 2.75) is 0 Å². The summed E-state index contributed by atoms with van der Waals surface area (Å²) in [6, 6.07) is 7.02. The number of hydrogen-bond acceptors (Lipinski definition) is 7. The third kappa shape index (κ3) is 3.31. The van der Waals surface area contributed by atoms with E-state index in [1.807, 2.05) is 0 Å². The molecular weight excluding hydrogens is 304 g/mol. The molecule has 0 unspecified atom stereocenters. The molecule has 8 nitrogen and oxygen atoms in total. The van der Waals surface area contributed by atoms with Crippen LogP contribution < -0.4 is 0 Å². The van der Waals surface area contributed by atoms with Gasteiger partial charge in [-0.05, 0) is 18.2 Å². The van der Waals surface area contributed by atoms with Crippen molar-refractivity contribution in [1.29, 1.82) is 0 Å². The van der Waals surface area contributed by atoms with Crippen molar-refractivity contribution in [3.05, 3.63) is 57.8 Å². The molecular formula is C15H12N2O6. The lowest BCUT2D eigenvalue weighted by Crippen LogP contribution is -2.12. The van der Waals surface area contributed by atoms with Crippen molar-refractivity contribution in [3.8, 4) is 11.3 Å². The van der Waals surface area contributed by atoms with E-state index >= 15 is 0 Å². The van der Waals surface area contributed by atoms with Gasteiger partial charge < -0.3 is 9.47 Å². The number of non-ortho nitro benzene ring substituents is 1. The molecule has 0 aliphatic heterocycles. The van der Waals surface area contributed by atoms with E-state index in [-0.39, 0.29) is 16.8 Å². The highest BCUT2D eigenvalue weighted by atomic mass is 16.6. The molecule has 1 heterocycles. The Labute approximate surface area is 130 Å². The number of nitrogens with zero attached hydrogens (tertiary/aromatic N) is 2. The van der Waals surface area contributed by atoms with E-state index in [1.54, 1.807) is 0 Å². The van der Waals surface area contributed by atoms with Crippen LogP contribution in [-0.4, -0.2) is 36.1 Å². The van der Waals surface area contributed by atoms with Crippen molar-refractivity contribution in [3.63, 3.8) is 0 Å². The van der Waals surface area contributed by atoms with Gasteiger partial charge in [-0.25, -0.2) is 9.59 Å². The lowest BCUT2D eigenvalue weighted by molar-refractivity contribution is -0.384. The van der Waals surface area contributed by atoms with Crippen LogP contribution in [0.15, 0.2) is 36.5 Å². The normalized spacial score (nSPS) is 10.0. The van der Waals surface area contributed by atoms with Crippen LogP contribution in [0.2, 0.25) is 0 Å². The van der Waals surface area contributed by atoms with Crippen LogP contribution in [0.25, 0.3) is 11.3 Å². The standard InChI is InChI=1S/C15H12N2O6/c1-22-14(18)11-7-13(16-8-12(11)15(19)23-2)9-3-5-10(6-4-9)17(20)21/h3-8H,1-2H3. The Morgan fingerprint density at radius 2 is 1.61 bits per heavy atom. The van der Waals surface area contributed by atoms with E-state index in [9.17, 15) is 19.7 Å². The fraction of sp³-hybridized carbons (Fsp3) is 0.133. The largest absolute Gasteiger partial charge is 0.465 e. The first-order chi connectivity index (χ1) is 11.0. The maximum absolute atomic E-state index is 11.8. The summed E-state index contributed by atoms with van der Waals surface area (Å²) in [6.45, 7) is 0. The highest BCUT2D eigenvalue weighted by Gasteiger charge is 2.20. The minimum Gasteiger partial charge on any atom is -0.465 e. The summed E-state index contributed by atoms with van der Waals surface area (Å²) in [6.07, 6.45) is 1.20. The molecule has 0 aliphatic rings. The zero-order valence-electron chi connectivity index (χ0n) is 12.3. The molecule has 0 saturated heterocycles. The molecule has 0 amide bonds. The quantitative estimate of drug-likeness (QED) is 0.483. The maximum Gasteiger partial charge on any atom is 0.340 e. The first-order valence-corrected chi connectivity index (χ1v) is 6.39. The number of nitro groups is 1. The summed E-state index contributed by atoms with van der Waals surface area (Å²) >= 11 is 0. The third-order valence-corrected chi connectivity index (χ3v) is 3.09. The number of hydrogen-bond donors (Lipinski definition) is 0. The molecule has 0 atom stereocenters. The second-order valence-electron chi connectivity index (χ2n) is 4.40. The minimum atomic E-state index is -0.715.